The van der Waals surface area contributed by atoms with Crippen molar-refractivity contribution in [3.63, 3.8) is 0 Å². The van der Waals surface area contributed by atoms with E-state index in [0.717, 1.165) is 27.6 Å². The average Bonchev–Trinajstić information content (AvgIpc) is 2.88. The summed E-state index contributed by atoms with van der Waals surface area (Å²) in [5, 5.41) is 11.5. The van der Waals surface area contributed by atoms with Crippen LogP contribution in [-0.2, 0) is 21.2 Å². The van der Waals surface area contributed by atoms with Gasteiger partial charge < -0.3 is 25.4 Å². The Bertz CT molecular complexity index is 1350. The highest BCUT2D eigenvalue weighted by Gasteiger charge is 2.29. The lowest BCUT2D eigenvalue weighted by atomic mass is 10.2. The Labute approximate surface area is 211 Å². The standard InChI is InChI=1S/C26H31N5O4S/c1-36(32,33)15-13-27-12-5-14-35-26(16-22-17-28-20-29-25(22)18-30-26)31-23-8-10-24(11-9-23)34-19-21-6-3-2-4-7-21/h2-4,6-11,16-18,20,27,30-31H,5,12-15,19H2,1H3. The maximum Gasteiger partial charge on any atom is 0.238 e. The van der Waals surface area contributed by atoms with Crippen molar-refractivity contribution in [2.45, 2.75) is 18.9 Å². The zero-order valence-corrected chi connectivity index (χ0v) is 21.0. The molecule has 36 heavy (non-hydrogen) atoms. The van der Waals surface area contributed by atoms with Gasteiger partial charge in [-0.15, -0.1) is 0 Å². The SMILES string of the molecule is CS(=O)(=O)CCNCCCOC1(Nc2ccc(OCc3ccccc3)cc2)C=c2cncnc2=CN1. The number of fused-ring (bicyclic) bond motifs is 1. The lowest BCUT2D eigenvalue weighted by Crippen LogP contribution is -2.56. The second-order valence-corrected chi connectivity index (χ2v) is 10.8. The normalized spacial score (nSPS) is 16.7. The summed E-state index contributed by atoms with van der Waals surface area (Å²) in [6.07, 6.45) is 8.89. The number of ether oxygens (including phenoxy) is 2. The van der Waals surface area contributed by atoms with Crippen molar-refractivity contribution in [2.24, 2.45) is 0 Å². The van der Waals surface area contributed by atoms with Crippen molar-refractivity contribution in [3.8, 4) is 5.75 Å². The largest absolute Gasteiger partial charge is 0.489 e. The number of benzene rings is 2. The summed E-state index contributed by atoms with van der Waals surface area (Å²) in [5.41, 5.74) is 1.95. The minimum absolute atomic E-state index is 0.117. The molecule has 0 fully saturated rings. The highest BCUT2D eigenvalue weighted by molar-refractivity contribution is 7.90. The first-order valence-corrected chi connectivity index (χ1v) is 13.8. The smallest absolute Gasteiger partial charge is 0.238 e. The van der Waals surface area contributed by atoms with Crippen molar-refractivity contribution >= 4 is 27.8 Å². The van der Waals surface area contributed by atoms with E-state index < -0.39 is 15.7 Å². The Morgan fingerprint density at radius 3 is 2.64 bits per heavy atom. The van der Waals surface area contributed by atoms with E-state index in [2.05, 4.69) is 25.9 Å². The maximum atomic E-state index is 11.3. The second kappa shape index (κ2) is 12.0. The van der Waals surface area contributed by atoms with E-state index in [-0.39, 0.29) is 5.75 Å². The minimum atomic E-state index is -2.97. The molecule has 9 nitrogen and oxygen atoms in total. The molecule has 0 amide bonds. The van der Waals surface area contributed by atoms with Crippen LogP contribution in [0.5, 0.6) is 5.75 Å². The van der Waals surface area contributed by atoms with Gasteiger partial charge in [0.15, 0.2) is 0 Å². The minimum Gasteiger partial charge on any atom is -0.489 e. The third-order valence-electron chi connectivity index (χ3n) is 5.46. The van der Waals surface area contributed by atoms with Crippen molar-refractivity contribution < 1.29 is 17.9 Å². The van der Waals surface area contributed by atoms with E-state index in [4.69, 9.17) is 9.47 Å². The molecule has 0 radical (unpaired) electrons. The molecule has 1 aromatic heterocycles. The molecule has 3 N–H and O–H groups in total. The molecular formula is C26H31N5O4S. The molecule has 3 aromatic rings. The van der Waals surface area contributed by atoms with Crippen LogP contribution in [0.1, 0.15) is 12.0 Å². The summed E-state index contributed by atoms with van der Waals surface area (Å²) < 4.78 is 34.7. The molecule has 2 aromatic carbocycles. The summed E-state index contributed by atoms with van der Waals surface area (Å²) in [4.78, 5) is 8.41. The van der Waals surface area contributed by atoms with Crippen molar-refractivity contribution in [1.29, 1.82) is 0 Å². The monoisotopic (exact) mass is 509 g/mol. The van der Waals surface area contributed by atoms with Gasteiger partial charge in [-0.05, 0) is 42.8 Å². The number of nitrogens with zero attached hydrogens (tertiary/aromatic N) is 2. The first-order chi connectivity index (χ1) is 17.4. The summed E-state index contributed by atoms with van der Waals surface area (Å²) in [6.45, 7) is 1.99. The lowest BCUT2D eigenvalue weighted by molar-refractivity contribution is 0.0109. The Morgan fingerprint density at radius 1 is 1.06 bits per heavy atom. The van der Waals surface area contributed by atoms with Gasteiger partial charge in [-0.3, -0.25) is 0 Å². The van der Waals surface area contributed by atoms with Gasteiger partial charge >= 0.3 is 0 Å². The quantitative estimate of drug-likeness (QED) is 0.229. The average molecular weight is 510 g/mol. The van der Waals surface area contributed by atoms with E-state index in [9.17, 15) is 8.42 Å². The van der Waals surface area contributed by atoms with E-state index in [1.54, 1.807) is 12.4 Å². The van der Waals surface area contributed by atoms with Gasteiger partial charge in [0.25, 0.3) is 0 Å². The van der Waals surface area contributed by atoms with Gasteiger partial charge in [-0.1, -0.05) is 30.3 Å². The fourth-order valence-corrected chi connectivity index (χ4v) is 4.13. The number of hydrogen-bond donors (Lipinski definition) is 3. The van der Waals surface area contributed by atoms with Crippen LogP contribution < -0.4 is 31.3 Å². The highest BCUT2D eigenvalue weighted by Crippen LogP contribution is 2.22. The summed E-state index contributed by atoms with van der Waals surface area (Å²) in [7, 11) is -2.97. The van der Waals surface area contributed by atoms with Gasteiger partial charge in [-0.2, -0.15) is 0 Å². The molecule has 0 bridgehead atoms. The zero-order valence-electron chi connectivity index (χ0n) is 20.2. The van der Waals surface area contributed by atoms with Crippen LogP contribution in [0.25, 0.3) is 12.3 Å². The fraction of sp³-hybridized carbons (Fsp3) is 0.308. The molecule has 1 atom stereocenters. The predicted octanol–water partition coefficient (Wildman–Crippen LogP) is 0.984. The molecule has 0 saturated heterocycles. The molecule has 4 rings (SSSR count). The van der Waals surface area contributed by atoms with E-state index in [1.807, 2.05) is 60.7 Å². The number of aromatic nitrogens is 2. The van der Waals surface area contributed by atoms with E-state index in [1.165, 1.54) is 12.6 Å². The number of rotatable bonds is 13. The molecular weight excluding hydrogens is 478 g/mol. The van der Waals surface area contributed by atoms with Crippen LogP contribution in [-0.4, -0.2) is 55.9 Å². The molecule has 1 aliphatic heterocycles. The van der Waals surface area contributed by atoms with Crippen molar-refractivity contribution in [3.05, 3.63) is 83.3 Å². The van der Waals surface area contributed by atoms with Crippen LogP contribution in [0.4, 0.5) is 5.69 Å². The van der Waals surface area contributed by atoms with Gasteiger partial charge in [0.1, 0.15) is 28.5 Å². The Morgan fingerprint density at radius 2 is 1.86 bits per heavy atom. The van der Waals surface area contributed by atoms with Crippen LogP contribution in [0.3, 0.4) is 0 Å². The molecule has 0 saturated carbocycles. The second-order valence-electron chi connectivity index (χ2n) is 8.54. The van der Waals surface area contributed by atoms with Gasteiger partial charge in [0.2, 0.25) is 5.85 Å². The molecule has 0 aliphatic carbocycles. The summed E-state index contributed by atoms with van der Waals surface area (Å²) >= 11 is 0. The maximum absolute atomic E-state index is 11.3. The van der Waals surface area contributed by atoms with E-state index >= 15 is 0 Å². The lowest BCUT2D eigenvalue weighted by Gasteiger charge is -2.34. The summed E-state index contributed by atoms with van der Waals surface area (Å²) in [6, 6.07) is 17.7. The third-order valence-corrected chi connectivity index (χ3v) is 6.41. The third kappa shape index (κ3) is 7.77. The fourth-order valence-electron chi connectivity index (χ4n) is 3.61. The van der Waals surface area contributed by atoms with E-state index in [0.29, 0.717) is 32.7 Å². The number of sulfone groups is 1. The van der Waals surface area contributed by atoms with Gasteiger partial charge in [0.05, 0.1) is 17.7 Å². The molecule has 1 aliphatic rings. The zero-order chi connectivity index (χ0) is 25.3. The Kier molecular flexibility index (Phi) is 8.52. The van der Waals surface area contributed by atoms with Crippen molar-refractivity contribution in [1.82, 2.24) is 20.6 Å². The predicted molar refractivity (Wildman–Crippen MR) is 140 cm³/mol. The topological polar surface area (TPSA) is 114 Å². The molecule has 10 heteroatoms. The van der Waals surface area contributed by atoms with Crippen LogP contribution in [0, 0.1) is 0 Å². The molecule has 0 spiro atoms. The summed E-state index contributed by atoms with van der Waals surface area (Å²) in [5.74, 6) is -0.118. The first kappa shape index (κ1) is 25.6. The Hall–Kier alpha value is -3.47. The number of hydrogen-bond acceptors (Lipinski definition) is 9. The van der Waals surface area contributed by atoms with Gasteiger partial charge in [-0.25, -0.2) is 18.4 Å². The Balaban J connectivity index is 1.38. The number of nitrogens with one attached hydrogen (secondary N) is 3. The van der Waals surface area contributed by atoms with Crippen LogP contribution >= 0.6 is 0 Å². The van der Waals surface area contributed by atoms with Crippen molar-refractivity contribution in [2.75, 3.05) is 37.0 Å². The molecule has 2 heterocycles. The molecule has 190 valence electrons. The van der Waals surface area contributed by atoms with Crippen LogP contribution in [0.2, 0.25) is 0 Å². The van der Waals surface area contributed by atoms with Gasteiger partial charge in [0, 0.05) is 42.2 Å². The number of anilines is 1. The highest BCUT2D eigenvalue weighted by atomic mass is 32.2. The van der Waals surface area contributed by atoms with Crippen LogP contribution in [0.15, 0.2) is 67.1 Å². The first-order valence-electron chi connectivity index (χ1n) is 11.8. The molecule has 1 unspecified atom stereocenters.